The summed E-state index contributed by atoms with van der Waals surface area (Å²) >= 11 is 0. The first-order chi connectivity index (χ1) is 10.6. The quantitative estimate of drug-likeness (QED) is 0.885. The van der Waals surface area contributed by atoms with Crippen LogP contribution in [-0.2, 0) is 16.0 Å². The molecular formula is C18H18N2O2. The van der Waals surface area contributed by atoms with Crippen LogP contribution in [0.5, 0.6) is 0 Å². The number of fused-ring (bicyclic) bond motifs is 1. The predicted octanol–water partition coefficient (Wildman–Crippen LogP) is 2.91. The van der Waals surface area contributed by atoms with E-state index in [0.717, 1.165) is 23.2 Å². The van der Waals surface area contributed by atoms with Gasteiger partial charge in [-0.15, -0.1) is 0 Å². The van der Waals surface area contributed by atoms with Gasteiger partial charge in [0.15, 0.2) is 0 Å². The van der Waals surface area contributed by atoms with Gasteiger partial charge in [0.25, 0.3) is 0 Å². The fourth-order valence-electron chi connectivity index (χ4n) is 2.67. The molecule has 2 aromatic rings. The second-order valence-electron chi connectivity index (χ2n) is 5.52. The van der Waals surface area contributed by atoms with Gasteiger partial charge in [-0.1, -0.05) is 35.9 Å². The molecule has 1 aliphatic heterocycles. The lowest BCUT2D eigenvalue weighted by atomic mass is 10.2. The lowest BCUT2D eigenvalue weighted by molar-refractivity contribution is -0.125. The Kier molecular flexibility index (Phi) is 3.92. The van der Waals surface area contributed by atoms with Crippen molar-refractivity contribution in [2.75, 3.05) is 16.8 Å². The van der Waals surface area contributed by atoms with Crippen molar-refractivity contribution in [3.8, 4) is 0 Å². The summed E-state index contributed by atoms with van der Waals surface area (Å²) in [6.07, 6.45) is 0.712. The van der Waals surface area contributed by atoms with Crippen LogP contribution < -0.4 is 10.2 Å². The van der Waals surface area contributed by atoms with E-state index in [1.54, 1.807) is 4.90 Å². The summed E-state index contributed by atoms with van der Waals surface area (Å²) in [6.45, 7) is 2.63. The zero-order chi connectivity index (χ0) is 15.5. The average Bonchev–Trinajstić information content (AvgIpc) is 2.93. The number of anilines is 2. The van der Waals surface area contributed by atoms with E-state index in [1.807, 2.05) is 55.5 Å². The number of hydrogen-bond acceptors (Lipinski definition) is 2. The van der Waals surface area contributed by atoms with Crippen LogP contribution in [0.2, 0.25) is 0 Å². The van der Waals surface area contributed by atoms with Crippen molar-refractivity contribution in [1.82, 2.24) is 0 Å². The minimum Gasteiger partial charge on any atom is -0.326 e. The number of amides is 2. The van der Waals surface area contributed by atoms with Crippen molar-refractivity contribution in [3.05, 3.63) is 59.7 Å². The normalized spacial score (nSPS) is 12.9. The van der Waals surface area contributed by atoms with Crippen molar-refractivity contribution in [1.29, 1.82) is 0 Å². The molecule has 0 radical (unpaired) electrons. The molecule has 1 aliphatic rings. The van der Waals surface area contributed by atoms with Crippen LogP contribution in [-0.4, -0.2) is 18.4 Å². The van der Waals surface area contributed by atoms with Gasteiger partial charge in [0, 0.05) is 17.9 Å². The van der Waals surface area contributed by atoms with E-state index < -0.39 is 0 Å². The fraction of sp³-hybridized carbons (Fsp3) is 0.222. The Labute approximate surface area is 129 Å². The van der Waals surface area contributed by atoms with Gasteiger partial charge in [0.05, 0.1) is 0 Å². The first kappa shape index (κ1) is 14.3. The molecule has 0 fully saturated rings. The van der Waals surface area contributed by atoms with Crippen LogP contribution in [0.4, 0.5) is 11.4 Å². The van der Waals surface area contributed by atoms with Gasteiger partial charge in [0.1, 0.15) is 6.42 Å². The van der Waals surface area contributed by atoms with Gasteiger partial charge in [-0.25, -0.2) is 0 Å². The second-order valence-corrected chi connectivity index (χ2v) is 5.52. The molecule has 0 aliphatic carbocycles. The molecule has 0 saturated carbocycles. The third-order valence-corrected chi connectivity index (χ3v) is 3.84. The number of rotatable bonds is 3. The van der Waals surface area contributed by atoms with E-state index in [4.69, 9.17) is 0 Å². The van der Waals surface area contributed by atoms with Crippen molar-refractivity contribution >= 4 is 23.2 Å². The summed E-state index contributed by atoms with van der Waals surface area (Å²) in [6, 6.07) is 15.4. The average molecular weight is 294 g/mol. The molecule has 0 saturated heterocycles. The van der Waals surface area contributed by atoms with E-state index in [2.05, 4.69) is 5.32 Å². The van der Waals surface area contributed by atoms with Gasteiger partial charge >= 0.3 is 0 Å². The number of nitrogens with one attached hydrogen (secondary N) is 1. The Balaban J connectivity index is 1.62. The van der Waals surface area contributed by atoms with E-state index in [0.29, 0.717) is 12.2 Å². The number of nitrogens with zero attached hydrogens (tertiary/aromatic N) is 1. The molecule has 0 unspecified atom stereocenters. The number of carbonyl (C=O) groups excluding carboxylic acids is 2. The minimum absolute atomic E-state index is 0.137. The van der Waals surface area contributed by atoms with E-state index in [-0.39, 0.29) is 18.2 Å². The molecule has 0 bridgehead atoms. The van der Waals surface area contributed by atoms with Gasteiger partial charge < -0.3 is 10.2 Å². The maximum atomic E-state index is 12.3. The van der Waals surface area contributed by atoms with E-state index >= 15 is 0 Å². The lowest BCUT2D eigenvalue weighted by Gasteiger charge is -2.17. The zero-order valence-corrected chi connectivity index (χ0v) is 12.5. The monoisotopic (exact) mass is 294 g/mol. The summed E-state index contributed by atoms with van der Waals surface area (Å²) in [4.78, 5) is 26.0. The highest BCUT2D eigenvalue weighted by atomic mass is 16.2. The summed E-state index contributed by atoms with van der Waals surface area (Å²) in [7, 11) is 0. The summed E-state index contributed by atoms with van der Waals surface area (Å²) in [5, 5.41) is 2.76. The molecule has 2 aromatic carbocycles. The maximum Gasteiger partial charge on any atom is 0.236 e. The molecule has 4 heteroatoms. The molecule has 22 heavy (non-hydrogen) atoms. The first-order valence-electron chi connectivity index (χ1n) is 7.38. The number of carbonyl (C=O) groups is 2. The van der Waals surface area contributed by atoms with Crippen LogP contribution >= 0.6 is 0 Å². The standard InChI is InChI=1S/C18H18N2O2/c1-13-6-8-15(9-7-13)19-17(21)12-18(22)20-11-10-14-4-2-3-5-16(14)20/h2-9H,10-12H2,1H3,(H,19,21). The van der Waals surface area contributed by atoms with Crippen molar-refractivity contribution < 1.29 is 9.59 Å². The molecule has 0 atom stereocenters. The van der Waals surface area contributed by atoms with Crippen LogP contribution in [0.15, 0.2) is 48.5 Å². The third-order valence-electron chi connectivity index (χ3n) is 3.84. The van der Waals surface area contributed by atoms with Crippen LogP contribution in [0, 0.1) is 6.92 Å². The van der Waals surface area contributed by atoms with E-state index in [9.17, 15) is 9.59 Å². The van der Waals surface area contributed by atoms with E-state index in [1.165, 1.54) is 0 Å². The van der Waals surface area contributed by atoms with Gasteiger partial charge in [-0.3, -0.25) is 9.59 Å². The Morgan fingerprint density at radius 1 is 1.09 bits per heavy atom. The number of hydrogen-bond donors (Lipinski definition) is 1. The third kappa shape index (κ3) is 3.01. The smallest absolute Gasteiger partial charge is 0.236 e. The Hall–Kier alpha value is -2.62. The summed E-state index contributed by atoms with van der Waals surface area (Å²) < 4.78 is 0. The molecule has 4 nitrogen and oxygen atoms in total. The fourth-order valence-corrected chi connectivity index (χ4v) is 2.67. The Morgan fingerprint density at radius 2 is 1.82 bits per heavy atom. The molecule has 0 aromatic heterocycles. The molecule has 112 valence electrons. The second kappa shape index (κ2) is 6.02. The molecule has 2 amide bonds. The van der Waals surface area contributed by atoms with Gasteiger partial charge in [-0.2, -0.15) is 0 Å². The number of benzene rings is 2. The molecule has 0 spiro atoms. The maximum absolute atomic E-state index is 12.3. The minimum atomic E-state index is -0.279. The molecule has 1 N–H and O–H groups in total. The van der Waals surface area contributed by atoms with Crippen LogP contribution in [0.1, 0.15) is 17.5 Å². The zero-order valence-electron chi connectivity index (χ0n) is 12.5. The predicted molar refractivity (Wildman–Crippen MR) is 86.9 cm³/mol. The SMILES string of the molecule is Cc1ccc(NC(=O)CC(=O)N2CCc3ccccc32)cc1. The summed E-state index contributed by atoms with van der Waals surface area (Å²) in [5.74, 6) is -0.437. The molecule has 3 rings (SSSR count). The van der Waals surface area contributed by atoms with Gasteiger partial charge in [0.2, 0.25) is 11.8 Å². The van der Waals surface area contributed by atoms with Crippen molar-refractivity contribution in [2.24, 2.45) is 0 Å². The highest BCUT2D eigenvalue weighted by Crippen LogP contribution is 2.27. The molecule has 1 heterocycles. The highest BCUT2D eigenvalue weighted by molar-refractivity contribution is 6.09. The lowest BCUT2D eigenvalue weighted by Crippen LogP contribution is -2.32. The topological polar surface area (TPSA) is 49.4 Å². The number of para-hydroxylation sites is 1. The highest BCUT2D eigenvalue weighted by Gasteiger charge is 2.25. The Morgan fingerprint density at radius 3 is 2.59 bits per heavy atom. The largest absolute Gasteiger partial charge is 0.326 e. The van der Waals surface area contributed by atoms with Crippen molar-refractivity contribution in [3.63, 3.8) is 0 Å². The van der Waals surface area contributed by atoms with Gasteiger partial charge in [-0.05, 0) is 37.1 Å². The van der Waals surface area contributed by atoms with Crippen LogP contribution in [0.25, 0.3) is 0 Å². The first-order valence-corrected chi connectivity index (χ1v) is 7.38. The molecular weight excluding hydrogens is 276 g/mol. The Bertz CT molecular complexity index is 707. The van der Waals surface area contributed by atoms with Crippen molar-refractivity contribution in [2.45, 2.75) is 19.8 Å². The number of aryl methyl sites for hydroxylation is 1. The van der Waals surface area contributed by atoms with Crippen LogP contribution in [0.3, 0.4) is 0 Å². The summed E-state index contributed by atoms with van der Waals surface area (Å²) in [5.41, 5.74) is 3.93.